The van der Waals surface area contributed by atoms with Crippen molar-refractivity contribution in [1.82, 2.24) is 14.8 Å². The molecule has 1 aromatic carbocycles. The number of aromatic nitrogens is 3. The van der Waals surface area contributed by atoms with Crippen molar-refractivity contribution in [2.24, 2.45) is 0 Å². The molecule has 2 aromatic rings. The molecule has 1 atom stereocenters. The van der Waals surface area contributed by atoms with Gasteiger partial charge in [0.25, 0.3) is 0 Å². The van der Waals surface area contributed by atoms with Crippen molar-refractivity contribution in [3.05, 3.63) is 35.6 Å². The van der Waals surface area contributed by atoms with E-state index in [-0.39, 0.29) is 17.2 Å². The zero-order valence-electron chi connectivity index (χ0n) is 12.1. The van der Waals surface area contributed by atoms with Gasteiger partial charge in [0.1, 0.15) is 6.33 Å². The van der Waals surface area contributed by atoms with Crippen LogP contribution in [0.1, 0.15) is 26.8 Å². The highest BCUT2D eigenvalue weighted by Gasteiger charge is 2.19. The van der Waals surface area contributed by atoms with Gasteiger partial charge in [0.05, 0.1) is 16.0 Å². The van der Waals surface area contributed by atoms with Gasteiger partial charge in [-0.2, -0.15) is 0 Å². The number of nitrogens with zero attached hydrogens (tertiary/aromatic N) is 3. The topological polar surface area (TPSA) is 59.8 Å². The Morgan fingerprint density at radius 2 is 2.05 bits per heavy atom. The summed E-state index contributed by atoms with van der Waals surface area (Å²) >= 11 is 7.41. The zero-order chi connectivity index (χ0) is 15.4. The summed E-state index contributed by atoms with van der Waals surface area (Å²) in [5, 5.41) is 11.7. The quantitative estimate of drug-likeness (QED) is 0.853. The Labute approximate surface area is 133 Å². The second kappa shape index (κ2) is 6.95. The molecule has 21 heavy (non-hydrogen) atoms. The fourth-order valence-corrected chi connectivity index (χ4v) is 2.82. The van der Waals surface area contributed by atoms with E-state index in [2.05, 4.69) is 15.5 Å². The second-order valence-electron chi connectivity index (χ2n) is 4.84. The molecule has 5 nitrogen and oxygen atoms in total. The van der Waals surface area contributed by atoms with E-state index in [0.717, 1.165) is 5.16 Å². The number of benzene rings is 1. The maximum absolute atomic E-state index is 12.2. The predicted molar refractivity (Wildman–Crippen MR) is 85.8 cm³/mol. The van der Waals surface area contributed by atoms with Crippen molar-refractivity contribution in [3.8, 4) is 0 Å². The summed E-state index contributed by atoms with van der Waals surface area (Å²) in [6.07, 6.45) is 1.67. The lowest BCUT2D eigenvalue weighted by molar-refractivity contribution is -0.115. The molecule has 0 bridgehead atoms. The van der Waals surface area contributed by atoms with Crippen LogP contribution in [0.15, 0.2) is 35.7 Å². The molecule has 0 fully saturated rings. The highest BCUT2D eigenvalue weighted by molar-refractivity contribution is 8.00. The fourth-order valence-electron chi connectivity index (χ4n) is 1.68. The van der Waals surface area contributed by atoms with E-state index in [9.17, 15) is 4.79 Å². The fraction of sp³-hybridized carbons (Fsp3) is 0.357. The molecular formula is C14H17ClN4OS. The van der Waals surface area contributed by atoms with E-state index in [1.807, 2.05) is 37.5 Å². The van der Waals surface area contributed by atoms with Gasteiger partial charge in [0, 0.05) is 6.04 Å². The third kappa shape index (κ3) is 3.98. The van der Waals surface area contributed by atoms with Crippen molar-refractivity contribution in [2.45, 2.75) is 37.2 Å². The van der Waals surface area contributed by atoms with Crippen LogP contribution < -0.4 is 5.32 Å². The average molecular weight is 325 g/mol. The van der Waals surface area contributed by atoms with Gasteiger partial charge in [-0.1, -0.05) is 35.5 Å². The van der Waals surface area contributed by atoms with Crippen molar-refractivity contribution in [2.75, 3.05) is 5.32 Å². The molecule has 1 heterocycles. The maximum atomic E-state index is 12.2. The van der Waals surface area contributed by atoms with Crippen LogP contribution in [0.2, 0.25) is 5.02 Å². The Kier molecular flexibility index (Phi) is 5.25. The van der Waals surface area contributed by atoms with E-state index in [4.69, 9.17) is 11.6 Å². The largest absolute Gasteiger partial charge is 0.324 e. The van der Waals surface area contributed by atoms with Crippen molar-refractivity contribution < 1.29 is 4.79 Å². The van der Waals surface area contributed by atoms with Crippen molar-refractivity contribution in [3.63, 3.8) is 0 Å². The summed E-state index contributed by atoms with van der Waals surface area (Å²) < 4.78 is 1.93. The molecule has 112 valence electrons. The van der Waals surface area contributed by atoms with Gasteiger partial charge in [-0.05, 0) is 32.9 Å². The van der Waals surface area contributed by atoms with Crippen LogP contribution in [-0.4, -0.2) is 25.9 Å². The van der Waals surface area contributed by atoms with Crippen LogP contribution in [0.5, 0.6) is 0 Å². The Bertz CT molecular complexity index is 629. The Morgan fingerprint density at radius 1 is 1.33 bits per heavy atom. The molecule has 0 aliphatic rings. The minimum absolute atomic E-state index is 0.119. The lowest BCUT2D eigenvalue weighted by Gasteiger charge is -2.14. The molecule has 1 N–H and O–H groups in total. The van der Waals surface area contributed by atoms with Crippen LogP contribution in [-0.2, 0) is 4.79 Å². The number of anilines is 1. The standard InChI is InChI=1S/C14H17ClN4OS/c1-9(2)19-8-16-18-14(19)21-10(3)13(20)17-12-7-5-4-6-11(12)15/h4-10H,1-3H3,(H,17,20)/t10-/m1/s1. The van der Waals surface area contributed by atoms with E-state index in [0.29, 0.717) is 10.7 Å². The van der Waals surface area contributed by atoms with Crippen LogP contribution in [0, 0.1) is 0 Å². The van der Waals surface area contributed by atoms with Crippen LogP contribution in [0.3, 0.4) is 0 Å². The van der Waals surface area contributed by atoms with Gasteiger partial charge in [-0.25, -0.2) is 0 Å². The molecule has 2 rings (SSSR count). The molecule has 0 saturated carbocycles. The van der Waals surface area contributed by atoms with Gasteiger partial charge in [-0.3, -0.25) is 4.79 Å². The number of amides is 1. The lowest BCUT2D eigenvalue weighted by atomic mass is 10.3. The number of carbonyl (C=O) groups excluding carboxylic acids is 1. The smallest absolute Gasteiger partial charge is 0.237 e. The third-order valence-electron chi connectivity index (χ3n) is 2.88. The van der Waals surface area contributed by atoms with Gasteiger partial charge in [0.15, 0.2) is 5.16 Å². The second-order valence-corrected chi connectivity index (χ2v) is 6.56. The zero-order valence-corrected chi connectivity index (χ0v) is 13.6. The highest BCUT2D eigenvalue weighted by atomic mass is 35.5. The highest BCUT2D eigenvalue weighted by Crippen LogP contribution is 2.26. The van der Waals surface area contributed by atoms with Crippen molar-refractivity contribution in [1.29, 1.82) is 0 Å². The van der Waals surface area contributed by atoms with Gasteiger partial charge < -0.3 is 9.88 Å². The molecule has 0 unspecified atom stereocenters. The minimum Gasteiger partial charge on any atom is -0.324 e. The number of thioether (sulfide) groups is 1. The number of halogens is 1. The molecule has 0 aliphatic carbocycles. The molecule has 0 radical (unpaired) electrons. The molecule has 0 saturated heterocycles. The Balaban J connectivity index is 2.03. The van der Waals surface area contributed by atoms with Crippen LogP contribution in [0.4, 0.5) is 5.69 Å². The number of hydrogen-bond acceptors (Lipinski definition) is 4. The molecule has 0 spiro atoms. The molecular weight excluding hydrogens is 308 g/mol. The first-order valence-corrected chi connectivity index (χ1v) is 7.86. The van der Waals surface area contributed by atoms with E-state index >= 15 is 0 Å². The first-order valence-electron chi connectivity index (χ1n) is 6.60. The van der Waals surface area contributed by atoms with E-state index in [1.54, 1.807) is 18.5 Å². The first kappa shape index (κ1) is 15.9. The summed E-state index contributed by atoms with van der Waals surface area (Å²) in [5.74, 6) is -0.119. The molecule has 0 aliphatic heterocycles. The van der Waals surface area contributed by atoms with Gasteiger partial charge in [0.2, 0.25) is 5.91 Å². The van der Waals surface area contributed by atoms with Gasteiger partial charge >= 0.3 is 0 Å². The summed E-state index contributed by atoms with van der Waals surface area (Å²) in [7, 11) is 0. The maximum Gasteiger partial charge on any atom is 0.237 e. The van der Waals surface area contributed by atoms with Gasteiger partial charge in [-0.15, -0.1) is 10.2 Å². The van der Waals surface area contributed by atoms with Crippen molar-refractivity contribution >= 4 is 35.0 Å². The minimum atomic E-state index is -0.303. The summed E-state index contributed by atoms with van der Waals surface area (Å²) in [5.41, 5.74) is 0.613. The molecule has 1 amide bonds. The van der Waals surface area contributed by atoms with E-state index in [1.165, 1.54) is 11.8 Å². The number of carbonyl (C=O) groups is 1. The monoisotopic (exact) mass is 324 g/mol. The number of rotatable bonds is 5. The lowest BCUT2D eigenvalue weighted by Crippen LogP contribution is -2.23. The summed E-state index contributed by atoms with van der Waals surface area (Å²) in [6, 6.07) is 7.41. The number of hydrogen-bond donors (Lipinski definition) is 1. The summed E-state index contributed by atoms with van der Waals surface area (Å²) in [6.45, 7) is 5.92. The third-order valence-corrected chi connectivity index (χ3v) is 4.28. The predicted octanol–water partition coefficient (Wildman–Crippen LogP) is 3.63. The Morgan fingerprint density at radius 3 is 2.71 bits per heavy atom. The average Bonchev–Trinajstić information content (AvgIpc) is 2.89. The SMILES string of the molecule is CC(C)n1cnnc1S[C@H](C)C(=O)Nc1ccccc1Cl. The number of para-hydroxylation sites is 1. The number of nitrogens with one attached hydrogen (secondary N) is 1. The van der Waals surface area contributed by atoms with Crippen LogP contribution in [0.25, 0.3) is 0 Å². The van der Waals surface area contributed by atoms with Crippen LogP contribution >= 0.6 is 23.4 Å². The summed E-state index contributed by atoms with van der Waals surface area (Å²) in [4.78, 5) is 12.2. The molecule has 7 heteroatoms. The van der Waals surface area contributed by atoms with E-state index < -0.39 is 0 Å². The Hall–Kier alpha value is -1.53. The molecule has 1 aromatic heterocycles. The first-order chi connectivity index (χ1) is 9.99. The normalized spacial score (nSPS) is 12.4.